The molecule has 3 saturated carbocycles. The van der Waals surface area contributed by atoms with E-state index in [1.165, 1.54) is 11.1 Å². The van der Waals surface area contributed by atoms with Crippen molar-refractivity contribution >= 4 is 0 Å². The summed E-state index contributed by atoms with van der Waals surface area (Å²) in [6, 6.07) is 22.4. The number of fused-ring (bicyclic) bond motifs is 7. The van der Waals surface area contributed by atoms with Crippen molar-refractivity contribution in [3.8, 4) is 0 Å². The van der Waals surface area contributed by atoms with Gasteiger partial charge in [-0.15, -0.1) is 0 Å². The highest BCUT2D eigenvalue weighted by Gasteiger charge is 3.03. The van der Waals surface area contributed by atoms with Gasteiger partial charge in [-0.05, 0) is 16.5 Å². The third kappa shape index (κ3) is 0.841. The molecule has 4 aliphatic rings. The van der Waals surface area contributed by atoms with E-state index in [9.17, 15) is 0 Å². The highest BCUT2D eigenvalue weighted by atomic mass is 16.6. The van der Waals surface area contributed by atoms with Crippen LogP contribution in [0.4, 0.5) is 0 Å². The molecule has 22 heavy (non-hydrogen) atoms. The van der Waals surface area contributed by atoms with Gasteiger partial charge in [0.1, 0.15) is 0 Å². The summed E-state index contributed by atoms with van der Waals surface area (Å²) in [6.45, 7) is 4.98. The number of benzene rings is 2. The summed E-state index contributed by atoms with van der Waals surface area (Å²) < 4.78 is 6.00. The lowest BCUT2D eigenvalue weighted by molar-refractivity contribution is 0.0287. The second-order valence-electron chi connectivity index (χ2n) is 8.09. The van der Waals surface area contributed by atoms with Gasteiger partial charge in [0.15, 0.2) is 0 Å². The van der Waals surface area contributed by atoms with Gasteiger partial charge in [0, 0.05) is 22.7 Å². The molecule has 2 aromatic carbocycles. The lowest BCUT2D eigenvalue weighted by Gasteiger charge is -2.56. The average Bonchev–Trinajstić information content (AvgIpc) is 3.31. The molecular formula is C21H20O. The third-order valence-corrected chi connectivity index (χ3v) is 7.65. The standard InChI is InChI=1S/C21H20O/c1-19(2)20(13-9-5-3-6-10-13)15-16(18-17(15)22-18)21(19,20)14-11-7-4-8-12-14/h3-12,15-18H,1-2H3/t15-,16-,17-,18+,20-,21+/m0/s1. The maximum Gasteiger partial charge on any atom is 0.0886 e. The van der Waals surface area contributed by atoms with E-state index in [1.807, 2.05) is 0 Å². The van der Waals surface area contributed by atoms with Gasteiger partial charge in [-0.25, -0.2) is 0 Å². The largest absolute Gasteiger partial charge is 0.369 e. The maximum absolute atomic E-state index is 6.00. The fourth-order valence-electron chi connectivity index (χ4n) is 7.18. The van der Waals surface area contributed by atoms with Crippen LogP contribution in [-0.2, 0) is 15.6 Å². The van der Waals surface area contributed by atoms with Crippen LogP contribution in [0.15, 0.2) is 60.7 Å². The Morgan fingerprint density at radius 1 is 0.682 bits per heavy atom. The SMILES string of the molecule is CC1(C)[C@]2(c3ccccc3)[C@@H]3[C@@H]4O[C@@H]4[C@H]3[C@]12c1ccccc1. The molecule has 6 rings (SSSR count). The van der Waals surface area contributed by atoms with Crippen molar-refractivity contribution < 1.29 is 4.74 Å². The third-order valence-electron chi connectivity index (χ3n) is 7.65. The van der Waals surface area contributed by atoms with Crippen molar-refractivity contribution in [1.29, 1.82) is 0 Å². The summed E-state index contributed by atoms with van der Waals surface area (Å²) >= 11 is 0. The Morgan fingerprint density at radius 2 is 1.09 bits per heavy atom. The van der Waals surface area contributed by atoms with E-state index in [4.69, 9.17) is 4.74 Å². The van der Waals surface area contributed by atoms with Crippen LogP contribution in [0.3, 0.4) is 0 Å². The lowest BCUT2D eigenvalue weighted by atomic mass is 9.44. The van der Waals surface area contributed by atoms with E-state index in [1.54, 1.807) is 0 Å². The summed E-state index contributed by atoms with van der Waals surface area (Å²) in [7, 11) is 0. The van der Waals surface area contributed by atoms with Crippen molar-refractivity contribution in [3.63, 3.8) is 0 Å². The Hall–Kier alpha value is -1.60. The van der Waals surface area contributed by atoms with Gasteiger partial charge < -0.3 is 4.74 Å². The first-order chi connectivity index (χ1) is 10.7. The van der Waals surface area contributed by atoms with E-state index in [0.717, 1.165) is 11.8 Å². The molecule has 0 amide bonds. The van der Waals surface area contributed by atoms with Crippen molar-refractivity contribution in [2.75, 3.05) is 0 Å². The molecule has 4 fully saturated rings. The number of rotatable bonds is 2. The zero-order chi connectivity index (χ0) is 14.7. The Labute approximate surface area is 131 Å². The van der Waals surface area contributed by atoms with Gasteiger partial charge in [0.2, 0.25) is 0 Å². The molecule has 1 heteroatoms. The van der Waals surface area contributed by atoms with Crippen LogP contribution in [0.1, 0.15) is 25.0 Å². The van der Waals surface area contributed by atoms with Crippen LogP contribution in [-0.4, -0.2) is 12.2 Å². The molecule has 2 aromatic rings. The molecular weight excluding hydrogens is 268 g/mol. The van der Waals surface area contributed by atoms with E-state index < -0.39 is 0 Å². The topological polar surface area (TPSA) is 12.5 Å². The van der Waals surface area contributed by atoms with Crippen LogP contribution in [0.25, 0.3) is 0 Å². The van der Waals surface area contributed by atoms with E-state index in [2.05, 4.69) is 74.5 Å². The quantitative estimate of drug-likeness (QED) is 0.763. The fourth-order valence-corrected chi connectivity index (χ4v) is 7.18. The Morgan fingerprint density at radius 3 is 1.50 bits per heavy atom. The van der Waals surface area contributed by atoms with Crippen molar-refractivity contribution in [2.45, 2.75) is 36.9 Å². The highest BCUT2D eigenvalue weighted by Crippen LogP contribution is 2.98. The van der Waals surface area contributed by atoms with Crippen LogP contribution >= 0.6 is 0 Å². The number of hydrogen-bond donors (Lipinski definition) is 0. The second kappa shape index (κ2) is 3.19. The molecule has 0 radical (unpaired) electrons. The minimum absolute atomic E-state index is 0.283. The molecule has 0 N–H and O–H groups in total. The van der Waals surface area contributed by atoms with Gasteiger partial charge in [-0.2, -0.15) is 0 Å². The summed E-state index contributed by atoms with van der Waals surface area (Å²) in [5, 5.41) is 0. The molecule has 1 heterocycles. The first-order valence-corrected chi connectivity index (χ1v) is 8.45. The zero-order valence-electron chi connectivity index (χ0n) is 13.0. The van der Waals surface area contributed by atoms with E-state index in [-0.39, 0.29) is 10.8 Å². The van der Waals surface area contributed by atoms with Gasteiger partial charge in [0.05, 0.1) is 12.2 Å². The molecule has 3 aliphatic carbocycles. The zero-order valence-corrected chi connectivity index (χ0v) is 13.0. The lowest BCUT2D eigenvalue weighted by Crippen LogP contribution is -2.63. The first kappa shape index (κ1) is 11.9. The normalized spacial score (nSPS) is 48.1. The van der Waals surface area contributed by atoms with Crippen molar-refractivity contribution in [2.24, 2.45) is 17.3 Å². The minimum Gasteiger partial charge on any atom is -0.369 e. The highest BCUT2D eigenvalue weighted by molar-refractivity contribution is 5.68. The minimum atomic E-state index is 0.283. The van der Waals surface area contributed by atoms with Gasteiger partial charge in [0.25, 0.3) is 0 Å². The van der Waals surface area contributed by atoms with E-state index in [0.29, 0.717) is 17.6 Å². The molecule has 1 nitrogen and oxygen atoms in total. The number of hydrogen-bond acceptors (Lipinski definition) is 1. The van der Waals surface area contributed by atoms with Crippen molar-refractivity contribution in [1.82, 2.24) is 0 Å². The van der Waals surface area contributed by atoms with Crippen LogP contribution in [0, 0.1) is 17.3 Å². The molecule has 1 saturated heterocycles. The molecule has 1 aliphatic heterocycles. The monoisotopic (exact) mass is 288 g/mol. The number of epoxide rings is 1. The first-order valence-electron chi connectivity index (χ1n) is 8.45. The Balaban J connectivity index is 1.63. The molecule has 0 aromatic heterocycles. The molecule has 6 atom stereocenters. The van der Waals surface area contributed by atoms with Crippen LogP contribution in [0.5, 0.6) is 0 Å². The van der Waals surface area contributed by atoms with Gasteiger partial charge in [-0.3, -0.25) is 0 Å². The average molecular weight is 288 g/mol. The Bertz CT molecular complexity index is 715. The van der Waals surface area contributed by atoms with E-state index >= 15 is 0 Å². The molecule has 0 bridgehead atoms. The predicted molar refractivity (Wildman–Crippen MR) is 85.7 cm³/mol. The summed E-state index contributed by atoms with van der Waals surface area (Å²) in [6.07, 6.45) is 1.09. The van der Waals surface area contributed by atoms with Gasteiger partial charge >= 0.3 is 0 Å². The smallest absolute Gasteiger partial charge is 0.0886 e. The van der Waals surface area contributed by atoms with Crippen molar-refractivity contribution in [3.05, 3.63) is 71.8 Å². The number of ether oxygens (including phenoxy) is 1. The summed E-state index contributed by atoms with van der Waals surface area (Å²) in [4.78, 5) is 0. The Kier molecular flexibility index (Phi) is 1.72. The molecule has 0 spiro atoms. The summed E-state index contributed by atoms with van der Waals surface area (Å²) in [5.74, 6) is 1.46. The van der Waals surface area contributed by atoms with Crippen LogP contribution < -0.4 is 0 Å². The van der Waals surface area contributed by atoms with Gasteiger partial charge in [-0.1, -0.05) is 74.5 Å². The van der Waals surface area contributed by atoms with Crippen LogP contribution in [0.2, 0.25) is 0 Å². The summed E-state index contributed by atoms with van der Waals surface area (Å²) in [5.41, 5.74) is 3.93. The maximum atomic E-state index is 6.00. The predicted octanol–water partition coefficient (Wildman–Crippen LogP) is 3.93. The molecule has 110 valence electrons. The second-order valence-corrected chi connectivity index (χ2v) is 8.09. The molecule has 0 unspecified atom stereocenters. The fraction of sp³-hybridized carbons (Fsp3) is 0.429.